The molecule has 1 amide bonds. The Morgan fingerprint density at radius 3 is 2.57 bits per heavy atom. The molecule has 0 aromatic heterocycles. The molecule has 5 heteroatoms. The highest BCUT2D eigenvalue weighted by atomic mass is 35.5. The van der Waals surface area contributed by atoms with Gasteiger partial charge in [-0.3, -0.25) is 9.69 Å². The first-order chi connectivity index (χ1) is 11.1. The predicted molar refractivity (Wildman–Crippen MR) is 92.0 cm³/mol. The van der Waals surface area contributed by atoms with Crippen LogP contribution < -0.4 is 5.32 Å². The van der Waals surface area contributed by atoms with Gasteiger partial charge in [0.1, 0.15) is 0 Å². The van der Waals surface area contributed by atoms with E-state index >= 15 is 0 Å². The van der Waals surface area contributed by atoms with Gasteiger partial charge in [0.25, 0.3) is 5.91 Å². The third-order valence-electron chi connectivity index (χ3n) is 5.38. The van der Waals surface area contributed by atoms with Crippen LogP contribution in [0.3, 0.4) is 0 Å². The number of nitrogens with one attached hydrogen (secondary N) is 1. The van der Waals surface area contributed by atoms with E-state index in [1.165, 1.54) is 12.8 Å². The van der Waals surface area contributed by atoms with Crippen molar-refractivity contribution in [2.75, 3.05) is 26.3 Å². The molecule has 1 N–H and O–H groups in total. The molecule has 126 valence electrons. The van der Waals surface area contributed by atoms with Crippen molar-refractivity contribution in [3.8, 4) is 0 Å². The van der Waals surface area contributed by atoms with Crippen molar-refractivity contribution in [3.63, 3.8) is 0 Å². The number of nitrogens with zero attached hydrogens (tertiary/aromatic N) is 1. The quantitative estimate of drug-likeness (QED) is 0.918. The number of ether oxygens (including phenoxy) is 1. The third-order valence-corrected chi connectivity index (χ3v) is 5.71. The molecular weight excluding hydrogens is 312 g/mol. The van der Waals surface area contributed by atoms with Gasteiger partial charge >= 0.3 is 0 Å². The Kier molecular flexibility index (Phi) is 5.24. The lowest BCUT2D eigenvalue weighted by molar-refractivity contribution is -0.0323. The average Bonchev–Trinajstić information content (AvgIpc) is 3.07. The van der Waals surface area contributed by atoms with E-state index in [9.17, 15) is 4.79 Å². The summed E-state index contributed by atoms with van der Waals surface area (Å²) in [5.41, 5.74) is 0.608. The number of hydrogen-bond acceptors (Lipinski definition) is 3. The molecule has 1 aliphatic carbocycles. The molecule has 0 spiro atoms. The second-order valence-corrected chi connectivity index (χ2v) is 6.99. The van der Waals surface area contributed by atoms with Crippen LogP contribution in [0.2, 0.25) is 5.02 Å². The highest BCUT2D eigenvalue weighted by Crippen LogP contribution is 2.38. The first-order valence-corrected chi connectivity index (χ1v) is 8.89. The lowest BCUT2D eigenvalue weighted by Crippen LogP contribution is -2.62. The second kappa shape index (κ2) is 7.20. The Labute approximate surface area is 143 Å². The monoisotopic (exact) mass is 336 g/mol. The van der Waals surface area contributed by atoms with Crippen molar-refractivity contribution in [3.05, 3.63) is 34.9 Å². The van der Waals surface area contributed by atoms with Gasteiger partial charge in [-0.05, 0) is 31.9 Å². The fourth-order valence-electron chi connectivity index (χ4n) is 4.07. The summed E-state index contributed by atoms with van der Waals surface area (Å²) in [5, 5.41) is 3.71. The summed E-state index contributed by atoms with van der Waals surface area (Å²) in [7, 11) is 0. The first-order valence-electron chi connectivity index (χ1n) is 8.52. The minimum Gasteiger partial charge on any atom is -0.379 e. The molecule has 1 aliphatic heterocycles. The number of amides is 1. The number of benzene rings is 1. The van der Waals surface area contributed by atoms with Gasteiger partial charge in [-0.25, -0.2) is 0 Å². The van der Waals surface area contributed by atoms with Crippen LogP contribution in [0.15, 0.2) is 24.3 Å². The summed E-state index contributed by atoms with van der Waals surface area (Å²) in [4.78, 5) is 15.1. The summed E-state index contributed by atoms with van der Waals surface area (Å²) in [5.74, 6) is -0.0809. The molecule has 2 fully saturated rings. The minimum absolute atomic E-state index is 0.0562. The van der Waals surface area contributed by atoms with Gasteiger partial charge in [-0.15, -0.1) is 0 Å². The molecule has 1 saturated heterocycles. The molecule has 1 aromatic rings. The van der Waals surface area contributed by atoms with E-state index in [1.54, 1.807) is 12.1 Å². The highest BCUT2D eigenvalue weighted by Gasteiger charge is 2.45. The summed E-state index contributed by atoms with van der Waals surface area (Å²) >= 11 is 6.16. The van der Waals surface area contributed by atoms with Crippen LogP contribution in [0.1, 0.15) is 43.0 Å². The van der Waals surface area contributed by atoms with E-state index in [0.717, 1.165) is 39.1 Å². The summed E-state index contributed by atoms with van der Waals surface area (Å²) in [6.45, 7) is 5.61. The Hall–Kier alpha value is -1.10. The zero-order chi connectivity index (χ0) is 16.3. The average molecular weight is 337 g/mol. The van der Waals surface area contributed by atoms with Crippen molar-refractivity contribution in [1.29, 1.82) is 0 Å². The number of rotatable bonds is 4. The summed E-state index contributed by atoms with van der Waals surface area (Å²) in [6.07, 6.45) is 4.72. The maximum Gasteiger partial charge on any atom is 0.253 e. The van der Waals surface area contributed by atoms with Crippen LogP contribution in [0, 0.1) is 0 Å². The Bertz CT molecular complexity index is 552. The summed E-state index contributed by atoms with van der Waals surface area (Å²) < 4.78 is 5.50. The van der Waals surface area contributed by atoms with E-state index in [0.29, 0.717) is 10.6 Å². The molecule has 3 rings (SSSR count). The minimum atomic E-state index is -0.0809. The predicted octanol–water partition coefficient (Wildman–Crippen LogP) is 3.10. The van der Waals surface area contributed by atoms with Crippen molar-refractivity contribution < 1.29 is 9.53 Å². The molecule has 1 aromatic carbocycles. The number of carbonyl (C=O) groups excluding carboxylic acids is 1. The largest absolute Gasteiger partial charge is 0.379 e. The number of morpholine rings is 1. The fourth-order valence-corrected chi connectivity index (χ4v) is 4.29. The van der Waals surface area contributed by atoms with Crippen molar-refractivity contribution >= 4 is 17.5 Å². The smallest absolute Gasteiger partial charge is 0.253 e. The molecule has 4 nitrogen and oxygen atoms in total. The fraction of sp³-hybridized carbons (Fsp3) is 0.611. The van der Waals surface area contributed by atoms with Crippen molar-refractivity contribution in [2.24, 2.45) is 0 Å². The third kappa shape index (κ3) is 3.39. The van der Waals surface area contributed by atoms with Gasteiger partial charge in [0.05, 0.1) is 23.8 Å². The van der Waals surface area contributed by atoms with E-state index in [1.807, 2.05) is 12.1 Å². The van der Waals surface area contributed by atoms with E-state index in [-0.39, 0.29) is 17.5 Å². The second-order valence-electron chi connectivity index (χ2n) is 6.59. The lowest BCUT2D eigenvalue weighted by Gasteiger charge is -2.47. The van der Waals surface area contributed by atoms with Crippen LogP contribution in [-0.4, -0.2) is 48.7 Å². The van der Waals surface area contributed by atoms with E-state index in [2.05, 4.69) is 17.1 Å². The van der Waals surface area contributed by atoms with Gasteiger partial charge in [-0.1, -0.05) is 36.6 Å². The Morgan fingerprint density at radius 1 is 1.26 bits per heavy atom. The molecule has 1 heterocycles. The van der Waals surface area contributed by atoms with Crippen molar-refractivity contribution in [2.45, 2.75) is 44.2 Å². The van der Waals surface area contributed by atoms with Crippen LogP contribution in [0.4, 0.5) is 0 Å². The van der Waals surface area contributed by atoms with Gasteiger partial charge in [0, 0.05) is 24.7 Å². The van der Waals surface area contributed by atoms with Crippen molar-refractivity contribution in [1.82, 2.24) is 10.2 Å². The molecule has 0 radical (unpaired) electrons. The maximum atomic E-state index is 12.6. The zero-order valence-corrected chi connectivity index (χ0v) is 14.4. The zero-order valence-electron chi connectivity index (χ0n) is 13.7. The van der Waals surface area contributed by atoms with E-state index in [4.69, 9.17) is 16.3 Å². The number of carbonyl (C=O) groups is 1. The highest BCUT2D eigenvalue weighted by molar-refractivity contribution is 6.33. The Balaban J connectivity index is 1.75. The van der Waals surface area contributed by atoms with Gasteiger partial charge in [0.2, 0.25) is 0 Å². The van der Waals surface area contributed by atoms with Crippen LogP contribution in [-0.2, 0) is 4.74 Å². The molecular formula is C18H25ClN2O2. The van der Waals surface area contributed by atoms with Crippen LogP contribution in [0.5, 0.6) is 0 Å². The standard InChI is InChI=1S/C18H25ClN2O2/c1-14(20-17(22)15-6-2-3-7-16(15)19)18(8-4-5-9-18)21-10-12-23-13-11-21/h2-3,6-7,14H,4-5,8-13H2,1H3,(H,20,22). The number of halogens is 1. The van der Waals surface area contributed by atoms with E-state index < -0.39 is 0 Å². The van der Waals surface area contributed by atoms with Gasteiger partial charge in [0.15, 0.2) is 0 Å². The molecule has 23 heavy (non-hydrogen) atoms. The SMILES string of the molecule is CC(NC(=O)c1ccccc1Cl)C1(N2CCOCC2)CCCC1. The molecule has 1 saturated carbocycles. The van der Waals surface area contributed by atoms with Gasteiger partial charge < -0.3 is 10.1 Å². The van der Waals surface area contributed by atoms with Gasteiger partial charge in [-0.2, -0.15) is 0 Å². The van der Waals surface area contributed by atoms with Crippen LogP contribution >= 0.6 is 11.6 Å². The lowest BCUT2D eigenvalue weighted by atomic mass is 9.86. The summed E-state index contributed by atoms with van der Waals surface area (Å²) in [6, 6.07) is 7.31. The van der Waals surface area contributed by atoms with Crippen LogP contribution in [0.25, 0.3) is 0 Å². The number of hydrogen-bond donors (Lipinski definition) is 1. The first kappa shape index (κ1) is 16.7. The molecule has 0 bridgehead atoms. The molecule has 1 unspecified atom stereocenters. The molecule has 2 aliphatic rings. The maximum absolute atomic E-state index is 12.6. The topological polar surface area (TPSA) is 41.6 Å². The molecule has 1 atom stereocenters. The Morgan fingerprint density at radius 2 is 1.91 bits per heavy atom. The normalized spacial score (nSPS) is 22.7.